The molecule has 2 fully saturated rings. The molecule has 238 valence electrons. The van der Waals surface area contributed by atoms with Crippen molar-refractivity contribution in [1.82, 2.24) is 19.4 Å². The summed E-state index contributed by atoms with van der Waals surface area (Å²) in [4.78, 5) is 42.8. The van der Waals surface area contributed by atoms with Crippen molar-refractivity contribution in [1.29, 1.82) is 0 Å². The second kappa shape index (κ2) is 13.9. The van der Waals surface area contributed by atoms with Crippen LogP contribution in [0.3, 0.4) is 0 Å². The highest BCUT2D eigenvalue weighted by Gasteiger charge is 2.26. The molecule has 0 bridgehead atoms. The highest BCUT2D eigenvalue weighted by molar-refractivity contribution is 7.21. The molecule has 12 heteroatoms. The van der Waals surface area contributed by atoms with Crippen LogP contribution in [0.25, 0.3) is 10.1 Å². The van der Waals surface area contributed by atoms with Crippen LogP contribution >= 0.6 is 11.3 Å². The van der Waals surface area contributed by atoms with Gasteiger partial charge in [-0.1, -0.05) is 24.6 Å². The Morgan fingerprint density at radius 3 is 2.29 bits per heavy atom. The van der Waals surface area contributed by atoms with E-state index in [0.29, 0.717) is 65.3 Å². The molecule has 6 N–H and O–H groups in total. The standard InChI is InChI=1S/C33H41N7O4S/c34-29-25-7-2-3-8-28(25)45-30(29)33(44)37-24-18-27(40(21-24)19-22-9-10-22)32(43)36-23-17-26(39(20-23)14-6-16-41)31(42)35-11-15-38-12-4-1-5-13-38/h2-3,7-8,17-18,20-22,41H,1,4-6,9-16,19,34H2,(H,35,42)(H,36,43)(H,37,44). The van der Waals surface area contributed by atoms with E-state index < -0.39 is 0 Å². The first kappa shape index (κ1) is 30.9. The highest BCUT2D eigenvalue weighted by atomic mass is 32.1. The van der Waals surface area contributed by atoms with E-state index in [9.17, 15) is 19.5 Å². The maximum absolute atomic E-state index is 13.6. The molecule has 6 rings (SSSR count). The van der Waals surface area contributed by atoms with Crippen LogP contribution in [-0.2, 0) is 13.1 Å². The molecular formula is C33H41N7O4S. The smallest absolute Gasteiger partial charge is 0.272 e. The number of nitrogen functional groups attached to an aromatic ring is 1. The molecule has 0 unspecified atom stereocenters. The first-order chi connectivity index (χ1) is 21.9. The molecule has 2 aliphatic rings. The number of carbonyl (C=O) groups excluding carboxylic acids is 3. The molecule has 45 heavy (non-hydrogen) atoms. The van der Waals surface area contributed by atoms with Gasteiger partial charge in [0.1, 0.15) is 16.3 Å². The minimum Gasteiger partial charge on any atom is -0.397 e. The van der Waals surface area contributed by atoms with Crippen molar-refractivity contribution in [3.63, 3.8) is 0 Å². The normalized spacial score (nSPS) is 15.3. The summed E-state index contributed by atoms with van der Waals surface area (Å²) in [6.45, 7) is 4.58. The monoisotopic (exact) mass is 631 g/mol. The average molecular weight is 632 g/mol. The van der Waals surface area contributed by atoms with Gasteiger partial charge in [-0.2, -0.15) is 0 Å². The third-order valence-electron chi connectivity index (χ3n) is 8.49. The quantitative estimate of drug-likeness (QED) is 0.146. The van der Waals surface area contributed by atoms with Gasteiger partial charge in [-0.3, -0.25) is 14.4 Å². The Bertz CT molecular complexity index is 1680. The van der Waals surface area contributed by atoms with E-state index in [4.69, 9.17) is 5.73 Å². The zero-order valence-electron chi connectivity index (χ0n) is 25.4. The summed E-state index contributed by atoms with van der Waals surface area (Å²) in [5, 5.41) is 19.2. The van der Waals surface area contributed by atoms with Gasteiger partial charge < -0.3 is 40.8 Å². The number of carbonyl (C=O) groups is 3. The minimum atomic E-state index is -0.339. The van der Waals surface area contributed by atoms with Crippen molar-refractivity contribution in [2.24, 2.45) is 5.92 Å². The van der Waals surface area contributed by atoms with Crippen LogP contribution in [0.1, 0.15) is 69.2 Å². The van der Waals surface area contributed by atoms with E-state index in [1.54, 1.807) is 29.1 Å². The zero-order valence-corrected chi connectivity index (χ0v) is 26.2. The number of piperidine rings is 1. The van der Waals surface area contributed by atoms with E-state index in [1.807, 2.05) is 28.8 Å². The lowest BCUT2D eigenvalue weighted by Gasteiger charge is -2.26. The van der Waals surface area contributed by atoms with Gasteiger partial charge in [-0.15, -0.1) is 11.3 Å². The summed E-state index contributed by atoms with van der Waals surface area (Å²) in [5.74, 6) is -0.381. The molecule has 3 amide bonds. The van der Waals surface area contributed by atoms with Crippen LogP contribution < -0.4 is 21.7 Å². The number of aromatic nitrogens is 2. The van der Waals surface area contributed by atoms with Crippen LogP contribution in [0.4, 0.5) is 17.1 Å². The number of anilines is 3. The SMILES string of the molecule is Nc1c(C(=O)Nc2cc(C(=O)Nc3cc(C(=O)NCCN4CCCCC4)n(CCCO)c3)n(CC3CC3)c2)sc2ccccc12. The number of aryl methyl sites for hydroxylation is 1. The van der Waals surface area contributed by atoms with Crippen molar-refractivity contribution >= 4 is 56.2 Å². The predicted molar refractivity (Wildman–Crippen MR) is 178 cm³/mol. The Morgan fingerprint density at radius 1 is 0.889 bits per heavy atom. The molecule has 0 radical (unpaired) electrons. The van der Waals surface area contributed by atoms with Crippen LogP contribution in [-0.4, -0.2) is 69.6 Å². The number of hydrogen-bond donors (Lipinski definition) is 5. The molecular weight excluding hydrogens is 590 g/mol. The van der Waals surface area contributed by atoms with E-state index >= 15 is 0 Å². The van der Waals surface area contributed by atoms with Crippen LogP contribution in [0.5, 0.6) is 0 Å². The van der Waals surface area contributed by atoms with E-state index in [-0.39, 0.29) is 24.3 Å². The minimum absolute atomic E-state index is 0.00772. The number of aliphatic hydroxyl groups is 1. The number of nitrogens with one attached hydrogen (secondary N) is 3. The number of rotatable bonds is 13. The Balaban J connectivity index is 1.16. The highest BCUT2D eigenvalue weighted by Crippen LogP contribution is 2.35. The fraction of sp³-hybridized carbons (Fsp3) is 0.424. The number of nitrogens with zero attached hydrogens (tertiary/aromatic N) is 3. The maximum atomic E-state index is 13.6. The van der Waals surface area contributed by atoms with Crippen molar-refractivity contribution in [3.8, 4) is 0 Å². The van der Waals surface area contributed by atoms with Gasteiger partial charge in [-0.25, -0.2) is 0 Å². The molecule has 1 saturated carbocycles. The van der Waals surface area contributed by atoms with Crippen LogP contribution in [0, 0.1) is 5.92 Å². The van der Waals surface area contributed by atoms with Crippen LogP contribution in [0.2, 0.25) is 0 Å². The van der Waals surface area contributed by atoms with Gasteiger partial charge in [0.2, 0.25) is 0 Å². The van der Waals surface area contributed by atoms with E-state index in [1.165, 1.54) is 30.6 Å². The lowest BCUT2D eigenvalue weighted by Crippen LogP contribution is -2.38. The Morgan fingerprint density at radius 2 is 1.58 bits per heavy atom. The summed E-state index contributed by atoms with van der Waals surface area (Å²) in [5.41, 5.74) is 8.59. The van der Waals surface area contributed by atoms with E-state index in [0.717, 1.165) is 42.6 Å². The summed E-state index contributed by atoms with van der Waals surface area (Å²) in [6.07, 6.45) is 9.86. The number of aliphatic hydroxyl groups excluding tert-OH is 1. The average Bonchev–Trinajstić information content (AvgIpc) is 3.48. The van der Waals surface area contributed by atoms with Gasteiger partial charge in [0.15, 0.2) is 0 Å². The first-order valence-corrected chi connectivity index (χ1v) is 16.6. The number of fused-ring (bicyclic) bond motifs is 1. The molecule has 1 aliphatic carbocycles. The van der Waals surface area contributed by atoms with Gasteiger partial charge in [0.05, 0.1) is 17.1 Å². The van der Waals surface area contributed by atoms with Crippen molar-refractivity contribution < 1.29 is 19.5 Å². The summed E-state index contributed by atoms with van der Waals surface area (Å²) < 4.78 is 4.59. The number of amides is 3. The lowest BCUT2D eigenvalue weighted by molar-refractivity contribution is 0.0935. The first-order valence-electron chi connectivity index (χ1n) is 15.8. The third kappa shape index (κ3) is 7.41. The second-order valence-corrected chi connectivity index (χ2v) is 13.1. The molecule has 4 aromatic rings. The van der Waals surface area contributed by atoms with Gasteiger partial charge >= 0.3 is 0 Å². The summed E-state index contributed by atoms with van der Waals surface area (Å²) in [7, 11) is 0. The molecule has 0 atom stereocenters. The molecule has 11 nitrogen and oxygen atoms in total. The molecule has 4 heterocycles. The number of likely N-dealkylation sites (tertiary alicyclic amines) is 1. The fourth-order valence-electron chi connectivity index (χ4n) is 5.91. The topological polar surface area (TPSA) is 147 Å². The Labute approximate surface area is 266 Å². The largest absolute Gasteiger partial charge is 0.397 e. The predicted octanol–water partition coefficient (Wildman–Crippen LogP) is 4.60. The molecule has 0 spiro atoms. The number of hydrogen-bond acceptors (Lipinski definition) is 7. The number of thiophene rings is 1. The fourth-order valence-corrected chi connectivity index (χ4v) is 6.93. The second-order valence-electron chi connectivity index (χ2n) is 12.0. The summed E-state index contributed by atoms with van der Waals surface area (Å²) >= 11 is 1.34. The van der Waals surface area contributed by atoms with Crippen LogP contribution in [0.15, 0.2) is 48.8 Å². The summed E-state index contributed by atoms with van der Waals surface area (Å²) in [6, 6.07) is 11.0. The van der Waals surface area contributed by atoms with Crippen molar-refractivity contribution in [2.45, 2.75) is 51.6 Å². The maximum Gasteiger partial charge on any atom is 0.272 e. The van der Waals surface area contributed by atoms with Gasteiger partial charge in [0, 0.05) is 55.3 Å². The molecule has 3 aromatic heterocycles. The van der Waals surface area contributed by atoms with Gasteiger partial charge in [-0.05, 0) is 69.3 Å². The molecule has 1 aliphatic heterocycles. The molecule has 1 saturated heterocycles. The third-order valence-corrected chi connectivity index (χ3v) is 9.67. The number of benzene rings is 1. The Kier molecular flexibility index (Phi) is 9.53. The van der Waals surface area contributed by atoms with Crippen molar-refractivity contribution in [3.05, 3.63) is 65.1 Å². The zero-order chi connectivity index (χ0) is 31.3. The number of nitrogens with two attached hydrogens (primary N) is 1. The van der Waals surface area contributed by atoms with Crippen molar-refractivity contribution in [2.75, 3.05) is 49.2 Å². The Hall–Kier alpha value is -4.13. The lowest BCUT2D eigenvalue weighted by atomic mass is 10.1. The molecule has 1 aromatic carbocycles. The van der Waals surface area contributed by atoms with Gasteiger partial charge in [0.25, 0.3) is 17.7 Å². The van der Waals surface area contributed by atoms with E-state index in [2.05, 4.69) is 20.9 Å².